The molecule has 76 valence electrons. The zero-order valence-corrected chi connectivity index (χ0v) is 9.34. The number of hydrogen-bond acceptors (Lipinski definition) is 3. The molecule has 0 atom stereocenters. The number of Topliss-reactive ketones (excluding diaryl/α,β-unsaturated/α-hetero) is 1. The SMILES string of the molecule is O=C(CNCC1CC1)c1occc1Br. The van der Waals surface area contributed by atoms with Gasteiger partial charge in [-0.2, -0.15) is 0 Å². The van der Waals surface area contributed by atoms with Crippen molar-refractivity contribution in [3.63, 3.8) is 0 Å². The number of furan rings is 1. The lowest BCUT2D eigenvalue weighted by molar-refractivity contribution is 0.0963. The molecule has 14 heavy (non-hydrogen) atoms. The van der Waals surface area contributed by atoms with Crippen LogP contribution in [-0.2, 0) is 0 Å². The maximum atomic E-state index is 11.5. The molecule has 1 heterocycles. The first-order valence-electron chi connectivity index (χ1n) is 4.74. The summed E-state index contributed by atoms with van der Waals surface area (Å²) in [5.41, 5.74) is 0. The molecule has 4 heteroatoms. The van der Waals surface area contributed by atoms with Crippen LogP contribution in [0.5, 0.6) is 0 Å². The maximum Gasteiger partial charge on any atom is 0.212 e. The van der Waals surface area contributed by atoms with Crippen molar-refractivity contribution in [3.05, 3.63) is 22.6 Å². The van der Waals surface area contributed by atoms with Crippen LogP contribution in [0.2, 0.25) is 0 Å². The van der Waals surface area contributed by atoms with Gasteiger partial charge in [-0.1, -0.05) is 0 Å². The van der Waals surface area contributed by atoms with E-state index in [0.717, 1.165) is 16.9 Å². The summed E-state index contributed by atoms with van der Waals surface area (Å²) in [5, 5.41) is 3.13. The molecule has 1 aromatic heterocycles. The van der Waals surface area contributed by atoms with Crippen LogP contribution in [0, 0.1) is 5.92 Å². The van der Waals surface area contributed by atoms with Crippen molar-refractivity contribution in [2.45, 2.75) is 12.8 Å². The average Bonchev–Trinajstić information content (AvgIpc) is 2.87. The van der Waals surface area contributed by atoms with Crippen LogP contribution in [-0.4, -0.2) is 18.9 Å². The van der Waals surface area contributed by atoms with Gasteiger partial charge in [0.1, 0.15) is 0 Å². The molecule has 0 spiro atoms. The Morgan fingerprint density at radius 2 is 2.43 bits per heavy atom. The van der Waals surface area contributed by atoms with Gasteiger partial charge in [0.15, 0.2) is 5.76 Å². The molecule has 3 nitrogen and oxygen atoms in total. The third-order valence-electron chi connectivity index (χ3n) is 2.29. The second kappa shape index (κ2) is 4.28. The molecule has 1 fully saturated rings. The Morgan fingerprint density at radius 1 is 1.64 bits per heavy atom. The molecule has 0 radical (unpaired) electrons. The van der Waals surface area contributed by atoms with Crippen molar-refractivity contribution in [2.24, 2.45) is 5.92 Å². The fraction of sp³-hybridized carbons (Fsp3) is 0.500. The molecular formula is C10H12BrNO2. The van der Waals surface area contributed by atoms with Crippen molar-refractivity contribution in [2.75, 3.05) is 13.1 Å². The fourth-order valence-corrected chi connectivity index (χ4v) is 1.71. The minimum absolute atomic E-state index is 0.00234. The van der Waals surface area contributed by atoms with Crippen LogP contribution in [0.4, 0.5) is 0 Å². The third-order valence-corrected chi connectivity index (χ3v) is 2.91. The van der Waals surface area contributed by atoms with Crippen molar-refractivity contribution in [3.8, 4) is 0 Å². The van der Waals surface area contributed by atoms with Gasteiger partial charge in [0.2, 0.25) is 5.78 Å². The second-order valence-corrected chi connectivity index (χ2v) is 4.45. The predicted molar refractivity (Wildman–Crippen MR) is 56.3 cm³/mol. The highest BCUT2D eigenvalue weighted by molar-refractivity contribution is 9.10. The first kappa shape index (κ1) is 9.93. The van der Waals surface area contributed by atoms with Gasteiger partial charge in [-0.25, -0.2) is 0 Å². The average molecular weight is 258 g/mol. The van der Waals surface area contributed by atoms with E-state index in [1.54, 1.807) is 6.07 Å². The Morgan fingerprint density at radius 3 is 3.00 bits per heavy atom. The highest BCUT2D eigenvalue weighted by atomic mass is 79.9. The molecule has 1 aliphatic carbocycles. The predicted octanol–water partition coefficient (Wildman–Crippen LogP) is 2.22. The van der Waals surface area contributed by atoms with E-state index in [0.29, 0.717) is 12.3 Å². The number of carbonyl (C=O) groups is 1. The molecular weight excluding hydrogens is 246 g/mol. The van der Waals surface area contributed by atoms with Gasteiger partial charge in [0, 0.05) is 0 Å². The third kappa shape index (κ3) is 2.45. The molecule has 1 aromatic rings. The van der Waals surface area contributed by atoms with Gasteiger partial charge in [0.25, 0.3) is 0 Å². The van der Waals surface area contributed by atoms with E-state index in [-0.39, 0.29) is 5.78 Å². The molecule has 1 saturated carbocycles. The Hall–Kier alpha value is -0.610. The lowest BCUT2D eigenvalue weighted by Crippen LogP contribution is -2.24. The van der Waals surface area contributed by atoms with E-state index in [9.17, 15) is 4.79 Å². The Bertz CT molecular complexity index is 331. The number of carbonyl (C=O) groups excluding carboxylic acids is 1. The highest BCUT2D eigenvalue weighted by Crippen LogP contribution is 2.27. The normalized spacial score (nSPS) is 15.8. The monoisotopic (exact) mass is 257 g/mol. The summed E-state index contributed by atoms with van der Waals surface area (Å²) in [7, 11) is 0. The molecule has 1 N–H and O–H groups in total. The summed E-state index contributed by atoms with van der Waals surface area (Å²) in [6.07, 6.45) is 4.11. The summed E-state index contributed by atoms with van der Waals surface area (Å²) < 4.78 is 5.79. The summed E-state index contributed by atoms with van der Waals surface area (Å²) in [5.74, 6) is 1.21. The van der Waals surface area contributed by atoms with Gasteiger partial charge < -0.3 is 9.73 Å². The van der Waals surface area contributed by atoms with E-state index in [4.69, 9.17) is 4.42 Å². The van der Waals surface area contributed by atoms with E-state index in [2.05, 4.69) is 21.2 Å². The van der Waals surface area contributed by atoms with Crippen LogP contribution in [0.3, 0.4) is 0 Å². The van der Waals surface area contributed by atoms with Crippen LogP contribution in [0.15, 0.2) is 21.2 Å². The lowest BCUT2D eigenvalue weighted by Gasteiger charge is -2.00. The van der Waals surface area contributed by atoms with Crippen LogP contribution in [0.1, 0.15) is 23.4 Å². The zero-order chi connectivity index (χ0) is 9.97. The van der Waals surface area contributed by atoms with E-state index in [1.165, 1.54) is 19.1 Å². The Balaban J connectivity index is 1.79. The molecule has 0 bridgehead atoms. The summed E-state index contributed by atoms with van der Waals surface area (Å²) in [6, 6.07) is 1.73. The van der Waals surface area contributed by atoms with Crippen LogP contribution >= 0.6 is 15.9 Å². The molecule has 0 saturated heterocycles. The quantitative estimate of drug-likeness (QED) is 0.823. The zero-order valence-electron chi connectivity index (χ0n) is 7.75. The van der Waals surface area contributed by atoms with Gasteiger partial charge in [-0.15, -0.1) is 0 Å². The highest BCUT2D eigenvalue weighted by Gasteiger charge is 2.21. The largest absolute Gasteiger partial charge is 0.460 e. The van der Waals surface area contributed by atoms with Crippen molar-refractivity contribution in [1.29, 1.82) is 0 Å². The number of halogens is 1. The summed E-state index contributed by atoms with van der Waals surface area (Å²) in [4.78, 5) is 11.5. The maximum absolute atomic E-state index is 11.5. The second-order valence-electron chi connectivity index (χ2n) is 3.60. The number of hydrogen-bond donors (Lipinski definition) is 1. The van der Waals surface area contributed by atoms with Crippen molar-refractivity contribution >= 4 is 21.7 Å². The van der Waals surface area contributed by atoms with E-state index >= 15 is 0 Å². The summed E-state index contributed by atoms with van der Waals surface area (Å²) >= 11 is 3.26. The summed E-state index contributed by atoms with van der Waals surface area (Å²) in [6.45, 7) is 1.31. The molecule has 1 aliphatic rings. The van der Waals surface area contributed by atoms with E-state index in [1.807, 2.05) is 0 Å². The van der Waals surface area contributed by atoms with Crippen LogP contribution < -0.4 is 5.32 Å². The minimum Gasteiger partial charge on any atom is -0.460 e. The molecule has 2 rings (SSSR count). The first-order valence-corrected chi connectivity index (χ1v) is 5.53. The fourth-order valence-electron chi connectivity index (χ4n) is 1.28. The standard InChI is InChI=1S/C10H12BrNO2/c11-8-3-4-14-10(8)9(13)6-12-5-7-1-2-7/h3-4,7,12H,1-2,5-6H2. The lowest BCUT2D eigenvalue weighted by atomic mass is 10.3. The molecule has 0 aromatic carbocycles. The smallest absolute Gasteiger partial charge is 0.212 e. The van der Waals surface area contributed by atoms with Gasteiger partial charge in [-0.3, -0.25) is 4.79 Å². The number of ketones is 1. The van der Waals surface area contributed by atoms with Gasteiger partial charge >= 0.3 is 0 Å². The van der Waals surface area contributed by atoms with Crippen molar-refractivity contribution < 1.29 is 9.21 Å². The van der Waals surface area contributed by atoms with Crippen LogP contribution in [0.25, 0.3) is 0 Å². The Kier molecular flexibility index (Phi) is 3.03. The molecule has 0 aliphatic heterocycles. The first-order chi connectivity index (χ1) is 6.77. The Labute approximate surface area is 91.0 Å². The topological polar surface area (TPSA) is 42.2 Å². The minimum atomic E-state index is 0.00234. The van der Waals surface area contributed by atoms with Gasteiger partial charge in [-0.05, 0) is 47.3 Å². The van der Waals surface area contributed by atoms with Crippen molar-refractivity contribution in [1.82, 2.24) is 5.32 Å². The van der Waals surface area contributed by atoms with E-state index < -0.39 is 0 Å². The number of rotatable bonds is 5. The molecule has 0 unspecified atom stereocenters. The molecule has 0 amide bonds. The van der Waals surface area contributed by atoms with Gasteiger partial charge in [0.05, 0.1) is 17.3 Å². The number of nitrogens with one attached hydrogen (secondary N) is 1.